The molecule has 0 aromatic rings. The molecule has 0 aliphatic heterocycles. The smallest absolute Gasteiger partial charge is 1.00 e. The molecule has 0 nitrogen and oxygen atoms in total. The second-order valence-electron chi connectivity index (χ2n) is 4.65. The zero-order chi connectivity index (χ0) is 9.56. The van der Waals surface area contributed by atoms with Gasteiger partial charge >= 0.3 is 17.4 Å². The maximum absolute atomic E-state index is 3.85. The van der Waals surface area contributed by atoms with Gasteiger partial charge in [-0.2, -0.15) is 0 Å². The fourth-order valence-corrected chi connectivity index (χ4v) is 5.57. The minimum absolute atomic E-state index is 0. The van der Waals surface area contributed by atoms with Gasteiger partial charge in [-0.3, -0.25) is 0 Å². The number of hydrogen-bond acceptors (Lipinski definition) is 0. The first-order chi connectivity index (χ1) is 5.56. The van der Waals surface area contributed by atoms with E-state index < -0.39 is 14.1 Å². The Balaban J connectivity index is -0.000000101. The molecule has 0 amide bonds. The molecule has 0 fully saturated rings. The molecular weight excluding hydrogens is 186 g/mol. The van der Waals surface area contributed by atoms with Crippen LogP contribution in [0.2, 0.25) is 15.8 Å². The van der Waals surface area contributed by atoms with Crippen molar-refractivity contribution in [2.45, 2.75) is 43.5 Å². The third kappa shape index (κ3) is 10.7. The molecule has 0 spiro atoms. The van der Waals surface area contributed by atoms with E-state index in [0.717, 1.165) is 11.8 Å². The predicted molar refractivity (Wildman–Crippen MR) is 69.1 cm³/mol. The van der Waals surface area contributed by atoms with Gasteiger partial charge in [0.05, 0.1) is 0 Å². The van der Waals surface area contributed by atoms with Gasteiger partial charge < -0.3 is 4.28 Å². The molecule has 0 unspecified atom stereocenters. The molecule has 0 radical (unpaired) electrons. The molecule has 0 aromatic carbocycles. The van der Waals surface area contributed by atoms with Crippen LogP contribution < -0.4 is 0 Å². The van der Waals surface area contributed by atoms with E-state index in [1.807, 2.05) is 0 Å². The third-order valence-electron chi connectivity index (χ3n) is 2.11. The second kappa shape index (κ2) is 9.36. The molecule has 0 aromatic heterocycles. The Morgan fingerprint density at radius 2 is 1.54 bits per heavy atom. The Kier molecular flexibility index (Phi) is 11.7. The predicted octanol–water partition coefficient (Wildman–Crippen LogP) is 3.94. The van der Waals surface area contributed by atoms with E-state index in [4.69, 9.17) is 0 Å². The maximum atomic E-state index is 3.85. The Labute approximate surface area is 104 Å². The van der Waals surface area contributed by atoms with Crippen molar-refractivity contribution in [1.82, 2.24) is 0 Å². The summed E-state index contributed by atoms with van der Waals surface area (Å²) < 4.78 is 0. The largest absolute Gasteiger partial charge is 3.00 e. The number of allylic oxidation sites excluding steroid dienone is 1. The summed E-state index contributed by atoms with van der Waals surface area (Å²) in [6, 6.07) is 0. The fraction of sp³-hybridized carbons (Fsp3) is 0.818. The van der Waals surface area contributed by atoms with Crippen LogP contribution in [0.25, 0.3) is 0 Å². The van der Waals surface area contributed by atoms with E-state index >= 15 is 0 Å². The van der Waals surface area contributed by atoms with Gasteiger partial charge in [-0.05, 0) is 0 Å². The van der Waals surface area contributed by atoms with Crippen LogP contribution in [0.4, 0.5) is 0 Å². The molecular formula is C11H26Al2. The molecule has 13 heavy (non-hydrogen) atoms. The SMILES string of the molecule is C=C[CH2][Al]([CH2]C(C)C)[CH2]C(C)C.[Al+3].[H-].[H-].[H-]. The van der Waals surface area contributed by atoms with Crippen molar-refractivity contribution in [3.63, 3.8) is 0 Å². The Hall–Kier alpha value is 0.805. The summed E-state index contributed by atoms with van der Waals surface area (Å²) in [4.78, 5) is 0. The van der Waals surface area contributed by atoms with Crippen molar-refractivity contribution in [2.75, 3.05) is 0 Å². The summed E-state index contributed by atoms with van der Waals surface area (Å²) in [7, 11) is 0. The van der Waals surface area contributed by atoms with Crippen molar-refractivity contribution in [2.24, 2.45) is 11.8 Å². The van der Waals surface area contributed by atoms with Crippen LogP contribution in [-0.2, 0) is 0 Å². The van der Waals surface area contributed by atoms with Crippen molar-refractivity contribution in [3.8, 4) is 0 Å². The maximum Gasteiger partial charge on any atom is 3.00 e. The summed E-state index contributed by atoms with van der Waals surface area (Å²) in [6.45, 7) is 13.2. The standard InChI is InChI=1S/2C4H9.C3H5.2Al.3H/c2*1-4(2)3;1-3-2;;;;;/h2*4H,1H2,2-3H3;3H,1-2H2;;;;;/q;;;;+3;3*-1. The molecule has 0 N–H and O–H groups in total. The summed E-state index contributed by atoms with van der Waals surface area (Å²) >= 11 is -0.468. The zero-order valence-corrected chi connectivity index (χ0v) is 12.0. The Morgan fingerprint density at radius 1 is 1.15 bits per heavy atom. The zero-order valence-electron chi connectivity index (χ0n) is 12.7. The van der Waals surface area contributed by atoms with Gasteiger partial charge in [0.2, 0.25) is 0 Å². The first-order valence-electron chi connectivity index (χ1n) is 5.17. The van der Waals surface area contributed by atoms with Crippen LogP contribution in [0.15, 0.2) is 12.7 Å². The van der Waals surface area contributed by atoms with E-state index in [0.29, 0.717) is 0 Å². The van der Waals surface area contributed by atoms with Crippen molar-refractivity contribution >= 4 is 31.5 Å². The van der Waals surface area contributed by atoms with Gasteiger partial charge in [0.15, 0.2) is 0 Å². The minimum atomic E-state index is -0.468. The molecule has 0 saturated carbocycles. The third-order valence-corrected chi connectivity index (χ3v) is 6.33. The van der Waals surface area contributed by atoms with E-state index in [1.54, 1.807) is 0 Å². The van der Waals surface area contributed by atoms with Crippen LogP contribution >= 0.6 is 0 Å². The van der Waals surface area contributed by atoms with E-state index in [-0.39, 0.29) is 21.6 Å². The van der Waals surface area contributed by atoms with Crippen LogP contribution in [0.5, 0.6) is 0 Å². The summed E-state index contributed by atoms with van der Waals surface area (Å²) in [5.41, 5.74) is 0. The minimum Gasteiger partial charge on any atom is -1.00 e. The summed E-state index contributed by atoms with van der Waals surface area (Å²) in [6.07, 6.45) is 2.13. The van der Waals surface area contributed by atoms with E-state index in [9.17, 15) is 0 Å². The van der Waals surface area contributed by atoms with Crippen molar-refractivity contribution in [1.29, 1.82) is 0 Å². The molecule has 0 rings (SSSR count). The van der Waals surface area contributed by atoms with Crippen LogP contribution in [-0.4, -0.2) is 31.5 Å². The quantitative estimate of drug-likeness (QED) is 0.462. The molecule has 0 bridgehead atoms. The van der Waals surface area contributed by atoms with Gasteiger partial charge in [0, 0.05) is 0 Å². The number of hydrogen-bond donors (Lipinski definition) is 0. The van der Waals surface area contributed by atoms with Gasteiger partial charge in [-0.15, -0.1) is 12.7 Å². The molecule has 2 heteroatoms. The Bertz CT molecular complexity index is 120. The summed E-state index contributed by atoms with van der Waals surface area (Å²) in [5.74, 6) is 1.78. The molecule has 76 valence electrons. The van der Waals surface area contributed by atoms with Crippen molar-refractivity contribution in [3.05, 3.63) is 12.7 Å². The average Bonchev–Trinajstić information content (AvgIpc) is 1.84. The van der Waals surface area contributed by atoms with E-state index in [1.165, 1.54) is 15.8 Å². The van der Waals surface area contributed by atoms with Crippen LogP contribution in [0.1, 0.15) is 32.0 Å². The number of rotatable bonds is 6. The van der Waals surface area contributed by atoms with Gasteiger partial charge in [0.25, 0.3) is 14.1 Å². The molecule has 0 aliphatic rings. The van der Waals surface area contributed by atoms with Gasteiger partial charge in [0.1, 0.15) is 0 Å². The van der Waals surface area contributed by atoms with Crippen molar-refractivity contribution < 1.29 is 4.28 Å². The average molecular weight is 212 g/mol. The van der Waals surface area contributed by atoms with E-state index in [2.05, 4.69) is 40.3 Å². The second-order valence-corrected chi connectivity index (χ2v) is 7.80. The molecule has 0 heterocycles. The first-order valence-corrected chi connectivity index (χ1v) is 7.62. The normalized spacial score (nSPS) is 10.0. The monoisotopic (exact) mass is 212 g/mol. The van der Waals surface area contributed by atoms with Crippen LogP contribution in [0, 0.1) is 11.8 Å². The fourth-order valence-electron chi connectivity index (χ4n) is 1.86. The summed E-state index contributed by atoms with van der Waals surface area (Å²) in [5, 5.41) is 4.31. The molecule has 0 aliphatic carbocycles. The Morgan fingerprint density at radius 3 is 1.77 bits per heavy atom. The van der Waals surface area contributed by atoms with Crippen LogP contribution in [0.3, 0.4) is 0 Å². The van der Waals surface area contributed by atoms with Gasteiger partial charge in [-0.25, -0.2) is 0 Å². The molecule has 0 saturated heterocycles. The van der Waals surface area contributed by atoms with Gasteiger partial charge in [-0.1, -0.05) is 55.4 Å². The molecule has 0 atom stereocenters. The first kappa shape index (κ1) is 16.2. The topological polar surface area (TPSA) is 0 Å².